The summed E-state index contributed by atoms with van der Waals surface area (Å²) in [5.41, 5.74) is 3.90. The molecule has 0 aliphatic heterocycles. The number of H-pyrrole nitrogens is 1. The van der Waals surface area contributed by atoms with Gasteiger partial charge >= 0.3 is 0 Å². The first-order valence-electron chi connectivity index (χ1n) is 8.61. The van der Waals surface area contributed by atoms with Crippen LogP contribution >= 0.6 is 0 Å². The molecule has 130 valence electrons. The summed E-state index contributed by atoms with van der Waals surface area (Å²) < 4.78 is 0. The minimum Gasteiger partial charge on any atom is -0.387 e. The van der Waals surface area contributed by atoms with Gasteiger partial charge in [0.15, 0.2) is 0 Å². The number of nitrogens with one attached hydrogen (secondary N) is 2. The highest BCUT2D eigenvalue weighted by Crippen LogP contribution is 2.21. The molecule has 0 saturated heterocycles. The Balaban J connectivity index is 1.41. The van der Waals surface area contributed by atoms with Crippen molar-refractivity contribution >= 4 is 10.8 Å². The highest BCUT2D eigenvalue weighted by molar-refractivity contribution is 5.83. The maximum atomic E-state index is 10.5. The van der Waals surface area contributed by atoms with Gasteiger partial charge in [0.05, 0.1) is 18.0 Å². The molecule has 0 radical (unpaired) electrons. The van der Waals surface area contributed by atoms with Crippen molar-refractivity contribution in [2.24, 2.45) is 0 Å². The van der Waals surface area contributed by atoms with Gasteiger partial charge in [0.1, 0.15) is 0 Å². The molecule has 26 heavy (non-hydrogen) atoms. The minimum atomic E-state index is -0.562. The third-order valence-electron chi connectivity index (χ3n) is 4.48. The van der Waals surface area contributed by atoms with Crippen LogP contribution in [0.5, 0.6) is 0 Å². The SMILES string of the molecule is OC(CNCc1cn[nH]c1-c1cccnc1)c1ccc2ccccc2c1. The Bertz CT molecular complexity index is 997. The normalized spacial score (nSPS) is 12.3. The molecular weight excluding hydrogens is 324 g/mol. The number of aliphatic hydroxyl groups is 1. The second kappa shape index (κ2) is 7.47. The topological polar surface area (TPSA) is 73.8 Å². The van der Waals surface area contributed by atoms with Crippen LogP contribution in [0.15, 0.2) is 73.2 Å². The fourth-order valence-electron chi connectivity index (χ4n) is 3.08. The first kappa shape index (κ1) is 16.4. The van der Waals surface area contributed by atoms with Gasteiger partial charge in [0, 0.05) is 36.6 Å². The Morgan fingerprint density at radius 1 is 1.00 bits per heavy atom. The molecule has 1 unspecified atom stereocenters. The van der Waals surface area contributed by atoms with Crippen LogP contribution in [0.2, 0.25) is 0 Å². The highest BCUT2D eigenvalue weighted by Gasteiger charge is 2.10. The predicted molar refractivity (Wildman–Crippen MR) is 102 cm³/mol. The number of aromatic amines is 1. The third kappa shape index (κ3) is 3.49. The van der Waals surface area contributed by atoms with Gasteiger partial charge in [-0.25, -0.2) is 0 Å². The fourth-order valence-corrected chi connectivity index (χ4v) is 3.08. The van der Waals surface area contributed by atoms with Crippen molar-refractivity contribution in [3.05, 3.63) is 84.3 Å². The van der Waals surface area contributed by atoms with Crippen LogP contribution in [0.25, 0.3) is 22.0 Å². The molecule has 2 heterocycles. The van der Waals surface area contributed by atoms with Gasteiger partial charge in [-0.1, -0.05) is 36.4 Å². The summed E-state index contributed by atoms with van der Waals surface area (Å²) in [6.07, 6.45) is 4.80. The zero-order valence-corrected chi connectivity index (χ0v) is 14.3. The molecule has 0 aliphatic rings. The minimum absolute atomic E-state index is 0.468. The lowest BCUT2D eigenvalue weighted by molar-refractivity contribution is 0.174. The summed E-state index contributed by atoms with van der Waals surface area (Å²) in [6, 6.07) is 18.1. The Kier molecular flexibility index (Phi) is 4.73. The Hall–Kier alpha value is -3.02. The van der Waals surface area contributed by atoms with Gasteiger partial charge in [-0.15, -0.1) is 0 Å². The molecule has 5 heteroatoms. The summed E-state index contributed by atoms with van der Waals surface area (Å²) >= 11 is 0. The number of nitrogens with zero attached hydrogens (tertiary/aromatic N) is 2. The van der Waals surface area contributed by atoms with Crippen LogP contribution in [-0.4, -0.2) is 26.8 Å². The summed E-state index contributed by atoms with van der Waals surface area (Å²) in [5, 5.41) is 23.3. The van der Waals surface area contributed by atoms with Crippen LogP contribution in [0, 0.1) is 0 Å². The van der Waals surface area contributed by atoms with E-state index in [-0.39, 0.29) is 0 Å². The Labute approximate surface area is 151 Å². The molecule has 0 amide bonds. The van der Waals surface area contributed by atoms with E-state index < -0.39 is 6.10 Å². The average Bonchev–Trinajstić information content (AvgIpc) is 3.17. The molecule has 5 nitrogen and oxygen atoms in total. The van der Waals surface area contributed by atoms with Gasteiger partial charge in [-0.05, 0) is 34.5 Å². The number of hydrogen-bond acceptors (Lipinski definition) is 4. The Morgan fingerprint density at radius 2 is 1.88 bits per heavy atom. The first-order valence-corrected chi connectivity index (χ1v) is 8.61. The zero-order valence-electron chi connectivity index (χ0n) is 14.3. The predicted octanol–water partition coefficient (Wildman–Crippen LogP) is 3.45. The second-order valence-electron chi connectivity index (χ2n) is 6.27. The largest absolute Gasteiger partial charge is 0.387 e. The maximum Gasteiger partial charge on any atom is 0.0914 e. The molecule has 2 aromatic carbocycles. The van der Waals surface area contributed by atoms with Crippen LogP contribution < -0.4 is 5.32 Å². The average molecular weight is 344 g/mol. The van der Waals surface area contributed by atoms with E-state index in [0.29, 0.717) is 13.1 Å². The number of fused-ring (bicyclic) bond motifs is 1. The van der Waals surface area contributed by atoms with Gasteiger partial charge in [0.25, 0.3) is 0 Å². The number of aromatic nitrogens is 3. The molecule has 4 rings (SSSR count). The number of rotatable bonds is 6. The van der Waals surface area contributed by atoms with Crippen molar-refractivity contribution in [1.82, 2.24) is 20.5 Å². The highest BCUT2D eigenvalue weighted by atomic mass is 16.3. The lowest BCUT2D eigenvalue weighted by atomic mass is 10.0. The van der Waals surface area contributed by atoms with E-state index in [9.17, 15) is 5.11 Å². The van der Waals surface area contributed by atoms with Crippen LogP contribution in [0.1, 0.15) is 17.2 Å². The number of hydrogen-bond donors (Lipinski definition) is 3. The van der Waals surface area contributed by atoms with E-state index in [1.807, 2.05) is 42.5 Å². The number of aliphatic hydroxyl groups excluding tert-OH is 1. The standard InChI is InChI=1S/C21H20N4O/c26-20(17-8-7-15-4-1-2-5-16(15)10-17)14-23-12-19-13-24-25-21(19)18-6-3-9-22-11-18/h1-11,13,20,23,26H,12,14H2,(H,24,25). The molecule has 0 spiro atoms. The molecule has 2 aromatic heterocycles. The van der Waals surface area contributed by atoms with E-state index in [1.165, 1.54) is 5.39 Å². The van der Waals surface area contributed by atoms with Crippen molar-refractivity contribution in [3.63, 3.8) is 0 Å². The van der Waals surface area contributed by atoms with Crippen molar-refractivity contribution in [2.45, 2.75) is 12.6 Å². The number of benzene rings is 2. The lowest BCUT2D eigenvalue weighted by Crippen LogP contribution is -2.21. The second-order valence-corrected chi connectivity index (χ2v) is 6.27. The summed E-state index contributed by atoms with van der Waals surface area (Å²) in [7, 11) is 0. The molecule has 3 N–H and O–H groups in total. The molecule has 0 saturated carbocycles. The van der Waals surface area contributed by atoms with Crippen LogP contribution in [0.3, 0.4) is 0 Å². The first-order chi connectivity index (χ1) is 12.8. The molecular formula is C21H20N4O. The van der Waals surface area contributed by atoms with Crippen LogP contribution in [0.4, 0.5) is 0 Å². The molecule has 1 atom stereocenters. The number of pyridine rings is 1. The molecule has 0 bridgehead atoms. The van der Waals surface area contributed by atoms with Crippen molar-refractivity contribution < 1.29 is 5.11 Å². The monoisotopic (exact) mass is 344 g/mol. The van der Waals surface area contributed by atoms with E-state index in [1.54, 1.807) is 18.6 Å². The molecule has 0 aliphatic carbocycles. The van der Waals surface area contributed by atoms with E-state index in [2.05, 4.69) is 32.6 Å². The van der Waals surface area contributed by atoms with Crippen molar-refractivity contribution in [2.75, 3.05) is 6.54 Å². The molecule has 4 aromatic rings. The van der Waals surface area contributed by atoms with E-state index >= 15 is 0 Å². The fraction of sp³-hybridized carbons (Fsp3) is 0.143. The quantitative estimate of drug-likeness (QED) is 0.501. The van der Waals surface area contributed by atoms with Crippen molar-refractivity contribution in [1.29, 1.82) is 0 Å². The summed E-state index contributed by atoms with van der Waals surface area (Å²) in [4.78, 5) is 4.15. The third-order valence-corrected chi connectivity index (χ3v) is 4.48. The maximum absolute atomic E-state index is 10.5. The summed E-state index contributed by atoms with van der Waals surface area (Å²) in [6.45, 7) is 1.08. The smallest absolute Gasteiger partial charge is 0.0914 e. The van der Waals surface area contributed by atoms with Gasteiger partial charge in [-0.2, -0.15) is 5.10 Å². The van der Waals surface area contributed by atoms with Gasteiger partial charge < -0.3 is 10.4 Å². The molecule has 0 fully saturated rings. The zero-order chi connectivity index (χ0) is 17.8. The van der Waals surface area contributed by atoms with Crippen LogP contribution in [-0.2, 0) is 6.54 Å². The van der Waals surface area contributed by atoms with Gasteiger partial charge in [-0.3, -0.25) is 10.1 Å². The van der Waals surface area contributed by atoms with Crippen molar-refractivity contribution in [3.8, 4) is 11.3 Å². The Morgan fingerprint density at radius 3 is 2.73 bits per heavy atom. The van der Waals surface area contributed by atoms with E-state index in [4.69, 9.17) is 0 Å². The van der Waals surface area contributed by atoms with E-state index in [0.717, 1.165) is 27.8 Å². The van der Waals surface area contributed by atoms with Gasteiger partial charge in [0.2, 0.25) is 0 Å². The lowest BCUT2D eigenvalue weighted by Gasteiger charge is -2.13. The summed E-state index contributed by atoms with van der Waals surface area (Å²) in [5.74, 6) is 0.